The fraction of sp³-hybridized carbons (Fsp3) is 0.125. The van der Waals surface area contributed by atoms with Crippen molar-refractivity contribution in [2.75, 3.05) is 5.32 Å². The Labute approximate surface area is 126 Å². The first-order valence-electron chi connectivity index (χ1n) is 6.56. The Morgan fingerprint density at radius 1 is 1.14 bits per heavy atom. The van der Waals surface area contributed by atoms with Gasteiger partial charge in [0, 0.05) is 22.8 Å². The van der Waals surface area contributed by atoms with E-state index in [0.717, 1.165) is 0 Å². The molecule has 0 saturated carbocycles. The third-order valence-electron chi connectivity index (χ3n) is 3.22. The zero-order valence-electron chi connectivity index (χ0n) is 12.1. The number of nitrogens with one attached hydrogen (secondary N) is 1. The molecule has 2 rings (SSSR count). The van der Waals surface area contributed by atoms with Gasteiger partial charge < -0.3 is 5.32 Å². The van der Waals surface area contributed by atoms with Crippen LogP contribution in [0.3, 0.4) is 0 Å². The van der Waals surface area contributed by atoms with Crippen LogP contribution < -0.4 is 5.32 Å². The van der Waals surface area contributed by atoms with Crippen molar-refractivity contribution in [2.24, 2.45) is 0 Å². The third-order valence-corrected chi connectivity index (χ3v) is 3.22. The number of ketones is 1. The monoisotopic (exact) mass is 298 g/mol. The molecular weight excluding hydrogens is 284 g/mol. The van der Waals surface area contributed by atoms with E-state index in [2.05, 4.69) is 5.32 Å². The molecule has 6 nitrogen and oxygen atoms in total. The number of para-hydroxylation sites is 1. The number of anilines is 1. The summed E-state index contributed by atoms with van der Waals surface area (Å²) in [6, 6.07) is 10.9. The van der Waals surface area contributed by atoms with Crippen molar-refractivity contribution in [3.05, 3.63) is 69.3 Å². The van der Waals surface area contributed by atoms with Gasteiger partial charge in [0.15, 0.2) is 5.78 Å². The van der Waals surface area contributed by atoms with Crippen LogP contribution in [0.4, 0.5) is 11.4 Å². The molecule has 0 aromatic heterocycles. The molecule has 0 aliphatic rings. The van der Waals surface area contributed by atoms with Gasteiger partial charge in [0.2, 0.25) is 0 Å². The van der Waals surface area contributed by atoms with E-state index in [1.165, 1.54) is 25.1 Å². The van der Waals surface area contributed by atoms with E-state index in [4.69, 9.17) is 0 Å². The molecule has 1 amide bonds. The molecular formula is C16H14N2O4. The van der Waals surface area contributed by atoms with E-state index in [0.29, 0.717) is 16.8 Å². The van der Waals surface area contributed by atoms with Gasteiger partial charge in [-0.2, -0.15) is 0 Å². The number of Topliss-reactive ketones (excluding diaryl/α,β-unsaturated/α-hetero) is 1. The number of nitro groups is 1. The van der Waals surface area contributed by atoms with Crippen LogP contribution in [0.2, 0.25) is 0 Å². The van der Waals surface area contributed by atoms with Crippen LogP contribution in [0.15, 0.2) is 42.5 Å². The molecule has 0 fully saturated rings. The number of amides is 1. The van der Waals surface area contributed by atoms with E-state index in [1.807, 2.05) is 0 Å². The van der Waals surface area contributed by atoms with Gasteiger partial charge in [-0.25, -0.2) is 0 Å². The third kappa shape index (κ3) is 3.17. The van der Waals surface area contributed by atoms with Crippen molar-refractivity contribution < 1.29 is 14.5 Å². The van der Waals surface area contributed by atoms with Crippen LogP contribution in [0, 0.1) is 17.0 Å². The molecule has 1 N–H and O–H groups in total. The Morgan fingerprint density at radius 2 is 1.82 bits per heavy atom. The van der Waals surface area contributed by atoms with Crippen LogP contribution in [-0.4, -0.2) is 16.6 Å². The average Bonchev–Trinajstić information content (AvgIpc) is 2.47. The topological polar surface area (TPSA) is 89.3 Å². The number of carbonyl (C=O) groups is 2. The summed E-state index contributed by atoms with van der Waals surface area (Å²) >= 11 is 0. The van der Waals surface area contributed by atoms with Crippen molar-refractivity contribution in [2.45, 2.75) is 13.8 Å². The van der Waals surface area contributed by atoms with Crippen molar-refractivity contribution in [3.8, 4) is 0 Å². The minimum atomic E-state index is -0.532. The second-order valence-electron chi connectivity index (χ2n) is 4.81. The molecule has 2 aromatic carbocycles. The number of nitro benzene ring substituents is 1. The molecule has 112 valence electrons. The van der Waals surface area contributed by atoms with Crippen LogP contribution in [0.1, 0.15) is 33.2 Å². The number of rotatable bonds is 4. The quantitative estimate of drug-likeness (QED) is 0.532. The smallest absolute Gasteiger partial charge is 0.273 e. The maximum absolute atomic E-state index is 12.2. The number of nitrogens with zero attached hydrogens (tertiary/aromatic N) is 1. The number of hydrogen-bond donors (Lipinski definition) is 1. The van der Waals surface area contributed by atoms with Crippen molar-refractivity contribution in [1.29, 1.82) is 0 Å². The summed E-state index contributed by atoms with van der Waals surface area (Å²) in [6.45, 7) is 3.01. The Bertz CT molecular complexity index is 768. The number of hydrogen-bond acceptors (Lipinski definition) is 4. The lowest BCUT2D eigenvalue weighted by atomic mass is 10.1. The van der Waals surface area contributed by atoms with Gasteiger partial charge in [0.25, 0.3) is 11.6 Å². The average molecular weight is 298 g/mol. The fourth-order valence-corrected chi connectivity index (χ4v) is 2.04. The van der Waals surface area contributed by atoms with Crippen molar-refractivity contribution >= 4 is 23.1 Å². The van der Waals surface area contributed by atoms with E-state index >= 15 is 0 Å². The number of benzene rings is 2. The summed E-state index contributed by atoms with van der Waals surface area (Å²) in [5, 5.41) is 13.5. The van der Waals surface area contributed by atoms with Gasteiger partial charge in [-0.3, -0.25) is 19.7 Å². The number of carbonyl (C=O) groups excluding carboxylic acids is 2. The first-order valence-corrected chi connectivity index (χ1v) is 6.56. The first-order chi connectivity index (χ1) is 10.4. The van der Waals surface area contributed by atoms with E-state index in [1.54, 1.807) is 31.2 Å². The minimum Gasteiger partial charge on any atom is -0.321 e. The Kier molecular flexibility index (Phi) is 4.31. The summed E-state index contributed by atoms with van der Waals surface area (Å²) in [5.74, 6) is -0.678. The van der Waals surface area contributed by atoms with Crippen molar-refractivity contribution in [1.82, 2.24) is 0 Å². The predicted octanol–water partition coefficient (Wildman–Crippen LogP) is 3.36. The van der Waals surface area contributed by atoms with E-state index in [-0.39, 0.29) is 17.0 Å². The van der Waals surface area contributed by atoms with Crippen LogP contribution in [0.25, 0.3) is 0 Å². The fourth-order valence-electron chi connectivity index (χ4n) is 2.04. The van der Waals surface area contributed by atoms with Crippen molar-refractivity contribution in [3.63, 3.8) is 0 Å². The van der Waals surface area contributed by atoms with E-state index < -0.39 is 10.8 Å². The Balaban J connectivity index is 2.33. The number of aryl methyl sites for hydroxylation is 1. The van der Waals surface area contributed by atoms with Gasteiger partial charge in [0.05, 0.1) is 10.6 Å². The molecule has 22 heavy (non-hydrogen) atoms. The summed E-state index contributed by atoms with van der Waals surface area (Å²) in [7, 11) is 0. The lowest BCUT2D eigenvalue weighted by molar-refractivity contribution is -0.385. The van der Waals surface area contributed by atoms with Crippen LogP contribution >= 0.6 is 0 Å². The van der Waals surface area contributed by atoms with Gasteiger partial charge in [-0.15, -0.1) is 0 Å². The maximum atomic E-state index is 12.2. The summed E-state index contributed by atoms with van der Waals surface area (Å²) in [5.41, 5.74) is 1.29. The summed E-state index contributed by atoms with van der Waals surface area (Å²) in [6.07, 6.45) is 0. The van der Waals surface area contributed by atoms with Crippen LogP contribution in [-0.2, 0) is 0 Å². The second-order valence-corrected chi connectivity index (χ2v) is 4.81. The zero-order valence-corrected chi connectivity index (χ0v) is 12.1. The molecule has 0 heterocycles. The summed E-state index contributed by atoms with van der Waals surface area (Å²) in [4.78, 5) is 34.2. The molecule has 2 aromatic rings. The maximum Gasteiger partial charge on any atom is 0.273 e. The van der Waals surface area contributed by atoms with E-state index in [9.17, 15) is 19.7 Å². The molecule has 6 heteroatoms. The molecule has 0 atom stereocenters. The molecule has 0 radical (unpaired) electrons. The van der Waals surface area contributed by atoms with Gasteiger partial charge in [-0.05, 0) is 32.0 Å². The molecule has 0 aliphatic heterocycles. The normalized spacial score (nSPS) is 10.1. The van der Waals surface area contributed by atoms with Crippen LogP contribution in [0.5, 0.6) is 0 Å². The summed E-state index contributed by atoms with van der Waals surface area (Å²) < 4.78 is 0. The van der Waals surface area contributed by atoms with Gasteiger partial charge in [0.1, 0.15) is 0 Å². The Hall–Kier alpha value is -3.02. The highest BCUT2D eigenvalue weighted by atomic mass is 16.6. The predicted molar refractivity (Wildman–Crippen MR) is 82.2 cm³/mol. The molecule has 0 aliphatic carbocycles. The molecule has 0 bridgehead atoms. The first kappa shape index (κ1) is 15.4. The highest BCUT2D eigenvalue weighted by Crippen LogP contribution is 2.21. The second kappa shape index (κ2) is 6.17. The minimum absolute atomic E-state index is 0.118. The lowest BCUT2D eigenvalue weighted by Gasteiger charge is -2.09. The zero-order chi connectivity index (χ0) is 16.3. The van der Waals surface area contributed by atoms with Gasteiger partial charge >= 0.3 is 0 Å². The standard InChI is InChI=1S/C16H14N2O4/c1-10-7-8-12(9-15(10)18(21)22)16(20)17-14-6-4-3-5-13(14)11(2)19/h3-9H,1-2H3,(H,17,20). The highest BCUT2D eigenvalue weighted by molar-refractivity contribution is 6.09. The van der Waals surface area contributed by atoms with Gasteiger partial charge in [-0.1, -0.05) is 18.2 Å². The largest absolute Gasteiger partial charge is 0.321 e. The molecule has 0 unspecified atom stereocenters. The molecule has 0 spiro atoms. The highest BCUT2D eigenvalue weighted by Gasteiger charge is 2.16. The molecule has 0 saturated heterocycles. The SMILES string of the molecule is CC(=O)c1ccccc1NC(=O)c1ccc(C)c([N+](=O)[O-])c1. The Morgan fingerprint density at radius 3 is 2.45 bits per heavy atom. The lowest BCUT2D eigenvalue weighted by Crippen LogP contribution is -2.14.